The molecule has 2 aromatic carbocycles. The Hall–Kier alpha value is -3.30. The van der Waals surface area contributed by atoms with Crippen LogP contribution < -0.4 is 5.32 Å². The molecule has 1 unspecified atom stereocenters. The minimum absolute atomic E-state index is 0.151. The summed E-state index contributed by atoms with van der Waals surface area (Å²) < 4.78 is 6.62. The number of ether oxygens (including phenoxy) is 1. The molecule has 2 heterocycles. The minimum atomic E-state index is -1.03. The van der Waals surface area contributed by atoms with E-state index in [9.17, 15) is 14.7 Å². The average molecular weight is 471 g/mol. The summed E-state index contributed by atoms with van der Waals surface area (Å²) in [5.74, 6) is -0.475. The first-order valence-electron chi connectivity index (χ1n) is 9.61. The van der Waals surface area contributed by atoms with E-state index in [-0.39, 0.29) is 5.56 Å². The van der Waals surface area contributed by atoms with Gasteiger partial charge in [0.05, 0.1) is 18.2 Å². The summed E-state index contributed by atoms with van der Waals surface area (Å²) in [6, 6.07) is 13.3. The number of methoxy groups -OCH3 is 1. The molecule has 1 atom stereocenters. The molecule has 1 aliphatic heterocycles. The summed E-state index contributed by atoms with van der Waals surface area (Å²) >= 11 is 7.67. The Morgan fingerprint density at radius 3 is 2.59 bits per heavy atom. The van der Waals surface area contributed by atoms with Crippen molar-refractivity contribution in [3.8, 4) is 0 Å². The summed E-state index contributed by atoms with van der Waals surface area (Å²) in [7, 11) is 1.31. The second-order valence-electron chi connectivity index (χ2n) is 7.03. The van der Waals surface area contributed by atoms with Crippen LogP contribution in [-0.4, -0.2) is 38.9 Å². The number of allylic oxidation sites excluding steroid dienone is 1. The quantitative estimate of drug-likeness (QED) is 0.403. The van der Waals surface area contributed by atoms with Crippen molar-refractivity contribution in [1.29, 1.82) is 0 Å². The number of carbonyl (C=O) groups excluding carboxylic acids is 1. The second-order valence-corrected chi connectivity index (χ2v) is 8.38. The second kappa shape index (κ2) is 9.05. The van der Waals surface area contributed by atoms with Crippen molar-refractivity contribution in [3.63, 3.8) is 0 Å². The Morgan fingerprint density at radius 2 is 1.94 bits per heavy atom. The van der Waals surface area contributed by atoms with Gasteiger partial charge in [-0.15, -0.1) is 5.10 Å². The monoisotopic (exact) mass is 470 g/mol. The van der Waals surface area contributed by atoms with E-state index in [2.05, 4.69) is 15.4 Å². The number of carbonyl (C=O) groups is 2. The highest BCUT2D eigenvalue weighted by molar-refractivity contribution is 7.98. The summed E-state index contributed by atoms with van der Waals surface area (Å²) in [6.45, 7) is 1.76. The fourth-order valence-corrected chi connectivity index (χ4v) is 4.56. The summed E-state index contributed by atoms with van der Waals surface area (Å²) in [5, 5.41) is 18.1. The average Bonchev–Trinajstić information content (AvgIpc) is 3.19. The number of benzene rings is 2. The van der Waals surface area contributed by atoms with Gasteiger partial charge in [-0.05, 0) is 36.2 Å². The normalized spacial score (nSPS) is 15.2. The Balaban J connectivity index is 1.71. The van der Waals surface area contributed by atoms with Crippen molar-refractivity contribution in [2.24, 2.45) is 0 Å². The lowest BCUT2D eigenvalue weighted by molar-refractivity contribution is -0.136. The molecule has 4 rings (SSSR count). The number of hydrogen-bond acceptors (Lipinski definition) is 7. The molecule has 0 spiro atoms. The number of hydrogen-bond donors (Lipinski definition) is 2. The smallest absolute Gasteiger partial charge is 0.338 e. The van der Waals surface area contributed by atoms with Crippen molar-refractivity contribution in [2.75, 3.05) is 12.4 Å². The lowest BCUT2D eigenvalue weighted by atomic mass is 9.95. The number of halogens is 1. The molecule has 0 aliphatic carbocycles. The minimum Gasteiger partial charge on any atom is -0.478 e. The number of nitrogens with zero attached hydrogens (tertiary/aromatic N) is 3. The van der Waals surface area contributed by atoms with E-state index in [4.69, 9.17) is 16.3 Å². The van der Waals surface area contributed by atoms with Gasteiger partial charge in [-0.2, -0.15) is 4.98 Å². The van der Waals surface area contributed by atoms with Gasteiger partial charge in [0.1, 0.15) is 6.04 Å². The highest BCUT2D eigenvalue weighted by Gasteiger charge is 2.35. The van der Waals surface area contributed by atoms with Gasteiger partial charge < -0.3 is 15.2 Å². The largest absolute Gasteiger partial charge is 0.478 e. The molecule has 0 amide bonds. The maximum absolute atomic E-state index is 12.6. The first-order chi connectivity index (χ1) is 15.4. The number of aromatic nitrogens is 3. The van der Waals surface area contributed by atoms with Crippen LogP contribution in [0.1, 0.15) is 34.5 Å². The Bertz CT molecular complexity index is 1220. The van der Waals surface area contributed by atoms with Crippen LogP contribution in [-0.2, 0) is 15.3 Å². The predicted molar refractivity (Wildman–Crippen MR) is 121 cm³/mol. The molecule has 3 aromatic rings. The van der Waals surface area contributed by atoms with Crippen molar-refractivity contribution < 1.29 is 19.4 Å². The zero-order chi connectivity index (χ0) is 22.8. The van der Waals surface area contributed by atoms with E-state index in [1.165, 1.54) is 31.0 Å². The van der Waals surface area contributed by atoms with E-state index in [0.29, 0.717) is 38.7 Å². The van der Waals surface area contributed by atoms with Crippen molar-refractivity contribution in [1.82, 2.24) is 14.8 Å². The van der Waals surface area contributed by atoms with Crippen LogP contribution in [0.3, 0.4) is 0 Å². The number of thioether (sulfide) groups is 1. The van der Waals surface area contributed by atoms with Crippen LogP contribution >= 0.6 is 23.4 Å². The topological polar surface area (TPSA) is 106 Å². The third-order valence-corrected chi connectivity index (χ3v) is 6.28. The Morgan fingerprint density at radius 1 is 1.22 bits per heavy atom. The lowest BCUT2D eigenvalue weighted by Crippen LogP contribution is -2.29. The fourth-order valence-electron chi connectivity index (χ4n) is 3.44. The van der Waals surface area contributed by atoms with Crippen LogP contribution in [0.25, 0.3) is 0 Å². The highest BCUT2D eigenvalue weighted by Crippen LogP contribution is 2.37. The fraction of sp³-hybridized carbons (Fsp3) is 0.182. The zero-order valence-corrected chi connectivity index (χ0v) is 18.8. The van der Waals surface area contributed by atoms with Gasteiger partial charge in [0, 0.05) is 16.5 Å². The number of esters is 1. The molecule has 10 heteroatoms. The van der Waals surface area contributed by atoms with Crippen molar-refractivity contribution in [3.05, 3.63) is 81.5 Å². The maximum Gasteiger partial charge on any atom is 0.338 e. The van der Waals surface area contributed by atoms with Gasteiger partial charge in [-0.25, -0.2) is 14.3 Å². The van der Waals surface area contributed by atoms with Gasteiger partial charge in [-0.1, -0.05) is 53.7 Å². The number of aromatic carboxylic acids is 1. The van der Waals surface area contributed by atoms with Crippen LogP contribution in [0.2, 0.25) is 5.02 Å². The molecule has 0 radical (unpaired) electrons. The molecule has 0 bridgehead atoms. The molecule has 1 aromatic heterocycles. The highest BCUT2D eigenvalue weighted by atomic mass is 35.5. The van der Waals surface area contributed by atoms with E-state index >= 15 is 0 Å². The standard InChI is InChI=1S/C22H19ClN4O4S/c1-12-17(20(30)31-2)18(13-7-9-14(10-8-13)19(28)29)27-21(24-12)25-22(26-27)32-11-15-5-3-4-6-16(15)23/h3-10,18H,11H2,1-2H3,(H,28,29)(H,24,25,26). The Kier molecular flexibility index (Phi) is 6.20. The molecule has 1 aliphatic rings. The molecule has 0 fully saturated rings. The third kappa shape index (κ3) is 4.21. The van der Waals surface area contributed by atoms with E-state index in [1.54, 1.807) is 23.7 Å². The number of anilines is 1. The molecular formula is C22H19ClN4O4S. The summed E-state index contributed by atoms with van der Waals surface area (Å²) in [5.41, 5.74) is 2.76. The zero-order valence-electron chi connectivity index (χ0n) is 17.2. The first-order valence-corrected chi connectivity index (χ1v) is 11.0. The maximum atomic E-state index is 12.6. The lowest BCUT2D eigenvalue weighted by Gasteiger charge is -2.27. The van der Waals surface area contributed by atoms with Gasteiger partial charge >= 0.3 is 11.9 Å². The van der Waals surface area contributed by atoms with Gasteiger partial charge in [0.25, 0.3) is 0 Å². The SMILES string of the molecule is COC(=O)C1=C(C)Nc2nc(SCc3ccccc3Cl)nn2C1c1ccc(C(=O)O)cc1. The van der Waals surface area contributed by atoms with Gasteiger partial charge in [0.15, 0.2) is 0 Å². The van der Waals surface area contributed by atoms with Crippen LogP contribution in [0, 0.1) is 0 Å². The van der Waals surface area contributed by atoms with Crippen LogP contribution in [0.4, 0.5) is 5.95 Å². The van der Waals surface area contributed by atoms with Gasteiger partial charge in [-0.3, -0.25) is 0 Å². The van der Waals surface area contributed by atoms with Crippen molar-refractivity contribution in [2.45, 2.75) is 23.9 Å². The van der Waals surface area contributed by atoms with Crippen LogP contribution in [0.5, 0.6) is 0 Å². The first kappa shape index (κ1) is 21.9. The summed E-state index contributed by atoms with van der Waals surface area (Å²) in [6.07, 6.45) is 0. The molecule has 164 valence electrons. The molecule has 0 saturated heterocycles. The molecule has 0 saturated carbocycles. The predicted octanol–water partition coefficient (Wildman–Crippen LogP) is 4.38. The number of fused-ring (bicyclic) bond motifs is 1. The third-order valence-electron chi connectivity index (χ3n) is 5.03. The van der Waals surface area contributed by atoms with E-state index in [0.717, 1.165) is 5.56 Å². The molecular weight excluding hydrogens is 452 g/mol. The van der Waals surface area contributed by atoms with Crippen LogP contribution in [0.15, 0.2) is 65.0 Å². The number of nitrogens with one attached hydrogen (secondary N) is 1. The van der Waals surface area contributed by atoms with Crippen molar-refractivity contribution >= 4 is 41.2 Å². The number of carboxylic acids is 1. The number of rotatable bonds is 6. The van der Waals surface area contributed by atoms with E-state index < -0.39 is 18.0 Å². The molecule has 8 nitrogen and oxygen atoms in total. The molecule has 2 N–H and O–H groups in total. The molecule has 32 heavy (non-hydrogen) atoms. The van der Waals surface area contributed by atoms with Gasteiger partial charge in [0.2, 0.25) is 11.1 Å². The number of carboxylic acid groups (broad SMARTS) is 1. The van der Waals surface area contributed by atoms with E-state index in [1.807, 2.05) is 24.3 Å². The Labute approximate surface area is 193 Å². The summed E-state index contributed by atoms with van der Waals surface area (Å²) in [4.78, 5) is 28.4.